The summed E-state index contributed by atoms with van der Waals surface area (Å²) in [4.78, 5) is 9.74. The minimum atomic E-state index is -4.11. The standard InChI is InChI=1S/C14H14N4O6S/c15-9-4-10(18(19)20)14(16)13(5-9)25(21,22)17-6-8-1-2-11-12(3-8)24-7-23-11/h1-5,17H,6-7,15-16H2. The fourth-order valence-electron chi connectivity index (χ4n) is 2.31. The zero-order chi connectivity index (χ0) is 18.2. The number of sulfonamides is 1. The van der Waals surface area contributed by atoms with E-state index in [0.29, 0.717) is 17.1 Å². The fourth-order valence-corrected chi connectivity index (χ4v) is 3.51. The zero-order valence-corrected chi connectivity index (χ0v) is 13.6. The molecular weight excluding hydrogens is 352 g/mol. The van der Waals surface area contributed by atoms with Crippen LogP contribution in [-0.4, -0.2) is 20.1 Å². The maximum Gasteiger partial charge on any atom is 0.295 e. The molecule has 0 aromatic heterocycles. The molecule has 1 heterocycles. The molecule has 0 radical (unpaired) electrons. The Bertz CT molecular complexity index is 960. The molecule has 0 unspecified atom stereocenters. The predicted octanol–water partition coefficient (Wildman–Crippen LogP) is 0.966. The van der Waals surface area contributed by atoms with Crippen molar-refractivity contribution in [2.75, 3.05) is 18.3 Å². The number of ether oxygens (including phenoxy) is 2. The molecule has 0 amide bonds. The lowest BCUT2D eigenvalue weighted by molar-refractivity contribution is -0.384. The molecule has 0 saturated carbocycles. The second-order valence-corrected chi connectivity index (χ2v) is 6.96. The van der Waals surface area contributed by atoms with Crippen LogP contribution in [0.25, 0.3) is 0 Å². The first kappa shape index (κ1) is 16.8. The summed E-state index contributed by atoms with van der Waals surface area (Å²) in [6.07, 6.45) is 0. The number of anilines is 2. The van der Waals surface area contributed by atoms with Crippen LogP contribution in [0.3, 0.4) is 0 Å². The van der Waals surface area contributed by atoms with E-state index in [1.54, 1.807) is 18.2 Å². The minimum absolute atomic E-state index is 0.0684. The van der Waals surface area contributed by atoms with E-state index in [-0.39, 0.29) is 19.0 Å². The van der Waals surface area contributed by atoms with Gasteiger partial charge in [0.2, 0.25) is 16.8 Å². The van der Waals surface area contributed by atoms with Gasteiger partial charge in [0, 0.05) is 18.3 Å². The molecule has 11 heteroatoms. The van der Waals surface area contributed by atoms with Gasteiger partial charge in [-0.3, -0.25) is 10.1 Å². The van der Waals surface area contributed by atoms with Crippen LogP contribution in [-0.2, 0) is 16.6 Å². The van der Waals surface area contributed by atoms with Gasteiger partial charge in [0.1, 0.15) is 10.6 Å². The molecular formula is C14H14N4O6S. The zero-order valence-electron chi connectivity index (χ0n) is 12.8. The van der Waals surface area contributed by atoms with E-state index in [2.05, 4.69) is 4.72 Å². The van der Waals surface area contributed by atoms with Crippen LogP contribution in [0.4, 0.5) is 17.1 Å². The number of nitrogen functional groups attached to an aromatic ring is 2. The molecule has 2 aromatic carbocycles. The Kier molecular flexibility index (Phi) is 4.10. The van der Waals surface area contributed by atoms with Gasteiger partial charge in [0.15, 0.2) is 11.5 Å². The average Bonchev–Trinajstić information content (AvgIpc) is 3.02. The van der Waals surface area contributed by atoms with E-state index >= 15 is 0 Å². The van der Waals surface area contributed by atoms with Crippen molar-refractivity contribution in [3.8, 4) is 11.5 Å². The van der Waals surface area contributed by atoms with Gasteiger partial charge >= 0.3 is 0 Å². The Balaban J connectivity index is 1.86. The van der Waals surface area contributed by atoms with Gasteiger partial charge in [-0.05, 0) is 23.8 Å². The molecule has 10 nitrogen and oxygen atoms in total. The average molecular weight is 366 g/mol. The van der Waals surface area contributed by atoms with E-state index in [9.17, 15) is 18.5 Å². The van der Waals surface area contributed by atoms with Gasteiger partial charge in [-0.1, -0.05) is 6.07 Å². The molecule has 0 saturated heterocycles. The van der Waals surface area contributed by atoms with E-state index < -0.39 is 31.2 Å². The number of nitrogens with zero attached hydrogens (tertiary/aromatic N) is 1. The maximum absolute atomic E-state index is 12.5. The third-order valence-corrected chi connectivity index (χ3v) is 4.97. The van der Waals surface area contributed by atoms with Crippen LogP contribution < -0.4 is 25.7 Å². The summed E-state index contributed by atoms with van der Waals surface area (Å²) in [6.45, 7) is 0.0367. The Morgan fingerprint density at radius 2 is 1.88 bits per heavy atom. The number of nitro groups is 1. The summed E-state index contributed by atoms with van der Waals surface area (Å²) >= 11 is 0. The van der Waals surface area contributed by atoms with Crippen molar-refractivity contribution in [2.24, 2.45) is 0 Å². The van der Waals surface area contributed by atoms with Crippen molar-refractivity contribution in [2.45, 2.75) is 11.4 Å². The molecule has 1 aliphatic rings. The molecule has 0 atom stereocenters. The lowest BCUT2D eigenvalue weighted by Gasteiger charge is -2.10. The van der Waals surface area contributed by atoms with Crippen LogP contribution in [0, 0.1) is 10.1 Å². The first-order chi connectivity index (χ1) is 11.8. The van der Waals surface area contributed by atoms with E-state index in [1.807, 2.05) is 0 Å². The van der Waals surface area contributed by atoms with Crippen molar-refractivity contribution in [3.63, 3.8) is 0 Å². The topological polar surface area (TPSA) is 160 Å². The first-order valence-electron chi connectivity index (χ1n) is 6.99. The highest BCUT2D eigenvalue weighted by Crippen LogP contribution is 2.33. The van der Waals surface area contributed by atoms with Crippen LogP contribution >= 0.6 is 0 Å². The van der Waals surface area contributed by atoms with Gasteiger partial charge in [0.25, 0.3) is 5.69 Å². The summed E-state index contributed by atoms with van der Waals surface area (Å²) in [5.41, 5.74) is 10.7. The Labute approximate surface area is 142 Å². The van der Waals surface area contributed by atoms with Crippen molar-refractivity contribution in [3.05, 3.63) is 46.0 Å². The lowest BCUT2D eigenvalue weighted by Crippen LogP contribution is -2.24. The molecule has 0 fully saturated rings. The Hall–Kier alpha value is -3.05. The number of benzene rings is 2. The highest BCUT2D eigenvalue weighted by molar-refractivity contribution is 7.89. The lowest BCUT2D eigenvalue weighted by atomic mass is 10.2. The highest BCUT2D eigenvalue weighted by atomic mass is 32.2. The first-order valence-corrected chi connectivity index (χ1v) is 8.48. The largest absolute Gasteiger partial charge is 0.454 e. The molecule has 132 valence electrons. The van der Waals surface area contributed by atoms with E-state index in [0.717, 1.165) is 12.1 Å². The molecule has 1 aliphatic heterocycles. The molecule has 0 bridgehead atoms. The number of fused-ring (bicyclic) bond motifs is 1. The molecule has 3 rings (SSSR count). The van der Waals surface area contributed by atoms with E-state index in [1.165, 1.54) is 0 Å². The molecule has 25 heavy (non-hydrogen) atoms. The SMILES string of the molecule is Nc1cc([N+](=O)[O-])c(N)c(S(=O)(=O)NCc2ccc3c(c2)OCO3)c1. The summed E-state index contributed by atoms with van der Waals surface area (Å²) in [6, 6.07) is 7.04. The van der Waals surface area contributed by atoms with Crippen molar-refractivity contribution in [1.29, 1.82) is 0 Å². The third-order valence-electron chi connectivity index (χ3n) is 3.53. The molecule has 2 aromatic rings. The Morgan fingerprint density at radius 3 is 2.60 bits per heavy atom. The summed E-state index contributed by atoms with van der Waals surface area (Å²) in [5.74, 6) is 1.08. The van der Waals surface area contributed by atoms with Gasteiger partial charge in [-0.15, -0.1) is 0 Å². The van der Waals surface area contributed by atoms with Crippen LogP contribution in [0.1, 0.15) is 5.56 Å². The normalized spacial score (nSPS) is 13.0. The molecule has 5 N–H and O–H groups in total. The second-order valence-electron chi connectivity index (χ2n) is 5.22. The van der Waals surface area contributed by atoms with Gasteiger partial charge in [-0.25, -0.2) is 13.1 Å². The van der Waals surface area contributed by atoms with Crippen molar-refractivity contribution >= 4 is 27.1 Å². The number of rotatable bonds is 5. The Morgan fingerprint density at radius 1 is 1.16 bits per heavy atom. The third kappa shape index (κ3) is 3.27. The molecule has 0 spiro atoms. The number of hydrogen-bond donors (Lipinski definition) is 3. The van der Waals surface area contributed by atoms with Crippen molar-refractivity contribution < 1.29 is 22.8 Å². The number of nitrogens with two attached hydrogens (primary N) is 2. The highest BCUT2D eigenvalue weighted by Gasteiger charge is 2.25. The van der Waals surface area contributed by atoms with E-state index in [4.69, 9.17) is 20.9 Å². The minimum Gasteiger partial charge on any atom is -0.454 e. The van der Waals surface area contributed by atoms with Crippen LogP contribution in [0.2, 0.25) is 0 Å². The maximum atomic E-state index is 12.5. The summed E-state index contributed by atoms with van der Waals surface area (Å²) < 4.78 is 37.7. The quantitative estimate of drug-likeness (QED) is 0.401. The molecule has 0 aliphatic carbocycles. The van der Waals surface area contributed by atoms with Crippen LogP contribution in [0.15, 0.2) is 35.2 Å². The summed E-state index contributed by atoms with van der Waals surface area (Å²) in [5, 5.41) is 11.0. The van der Waals surface area contributed by atoms with Gasteiger partial charge in [0.05, 0.1) is 4.92 Å². The van der Waals surface area contributed by atoms with Crippen molar-refractivity contribution in [1.82, 2.24) is 4.72 Å². The van der Waals surface area contributed by atoms with Gasteiger partial charge < -0.3 is 20.9 Å². The van der Waals surface area contributed by atoms with Crippen LogP contribution in [0.5, 0.6) is 11.5 Å². The smallest absolute Gasteiger partial charge is 0.295 e. The number of nitro benzene ring substituents is 1. The number of hydrogen-bond acceptors (Lipinski definition) is 8. The monoisotopic (exact) mass is 366 g/mol. The number of nitrogens with one attached hydrogen (secondary N) is 1. The second kappa shape index (κ2) is 6.11. The fraction of sp³-hybridized carbons (Fsp3) is 0.143. The van der Waals surface area contributed by atoms with Gasteiger partial charge in [-0.2, -0.15) is 0 Å². The predicted molar refractivity (Wildman–Crippen MR) is 88.5 cm³/mol. The summed E-state index contributed by atoms with van der Waals surface area (Å²) in [7, 11) is -4.11.